The number of hydrogen-bond donors (Lipinski definition) is 1. The first-order valence-corrected chi connectivity index (χ1v) is 9.53. The summed E-state index contributed by atoms with van der Waals surface area (Å²) >= 11 is 0. The number of nitrogens with zero attached hydrogens (tertiary/aromatic N) is 3. The van der Waals surface area contributed by atoms with Gasteiger partial charge in [-0.3, -0.25) is 4.79 Å². The lowest BCUT2D eigenvalue weighted by Crippen LogP contribution is -2.21. The molecule has 1 aromatic carbocycles. The van der Waals surface area contributed by atoms with Crippen LogP contribution in [-0.2, 0) is 9.84 Å². The fourth-order valence-corrected chi connectivity index (χ4v) is 3.17. The fraction of sp³-hybridized carbons (Fsp3) is 0.312. The molecule has 2 aromatic rings. The molecule has 126 valence electrons. The number of benzene rings is 1. The highest BCUT2D eigenvalue weighted by Gasteiger charge is 2.15. The van der Waals surface area contributed by atoms with Crippen molar-refractivity contribution in [1.82, 2.24) is 10.2 Å². The molecular formula is C16H18N4O3S. The van der Waals surface area contributed by atoms with Crippen LogP contribution in [0, 0.1) is 0 Å². The molecule has 1 aliphatic heterocycles. The highest BCUT2D eigenvalue weighted by Crippen LogP contribution is 2.17. The van der Waals surface area contributed by atoms with Crippen LogP contribution in [0.4, 0.5) is 11.5 Å². The zero-order valence-electron chi connectivity index (χ0n) is 13.3. The Balaban J connectivity index is 1.68. The third kappa shape index (κ3) is 3.70. The highest BCUT2D eigenvalue weighted by molar-refractivity contribution is 7.90. The number of aromatic nitrogens is 2. The topological polar surface area (TPSA) is 92.3 Å². The Morgan fingerprint density at radius 3 is 2.25 bits per heavy atom. The molecule has 2 heterocycles. The molecule has 1 saturated heterocycles. The van der Waals surface area contributed by atoms with Gasteiger partial charge in [-0.2, -0.15) is 0 Å². The van der Waals surface area contributed by atoms with E-state index in [1.807, 2.05) is 0 Å². The van der Waals surface area contributed by atoms with E-state index < -0.39 is 9.84 Å². The van der Waals surface area contributed by atoms with Gasteiger partial charge in [-0.15, -0.1) is 10.2 Å². The van der Waals surface area contributed by atoms with Crippen LogP contribution in [0.15, 0.2) is 41.3 Å². The summed E-state index contributed by atoms with van der Waals surface area (Å²) in [5.41, 5.74) is 0.711. The predicted molar refractivity (Wildman–Crippen MR) is 91.0 cm³/mol. The van der Waals surface area contributed by atoms with Crippen LogP contribution in [0.25, 0.3) is 0 Å². The number of carbonyl (C=O) groups is 1. The highest BCUT2D eigenvalue weighted by atomic mass is 32.2. The number of hydrogen-bond acceptors (Lipinski definition) is 6. The Morgan fingerprint density at radius 1 is 1.04 bits per heavy atom. The monoisotopic (exact) mass is 346 g/mol. The second-order valence-corrected chi connectivity index (χ2v) is 7.74. The van der Waals surface area contributed by atoms with E-state index >= 15 is 0 Å². The van der Waals surface area contributed by atoms with Crippen molar-refractivity contribution >= 4 is 27.2 Å². The lowest BCUT2D eigenvalue weighted by Gasteiger charge is -2.15. The van der Waals surface area contributed by atoms with E-state index in [4.69, 9.17) is 0 Å². The number of nitrogens with one attached hydrogen (secondary N) is 1. The largest absolute Gasteiger partial charge is 0.355 e. The molecular weight excluding hydrogens is 328 g/mol. The summed E-state index contributed by atoms with van der Waals surface area (Å²) in [7, 11) is -3.25. The van der Waals surface area contributed by atoms with E-state index in [-0.39, 0.29) is 16.5 Å². The third-order valence-corrected chi connectivity index (χ3v) is 4.98. The number of carbonyl (C=O) groups excluding carboxylic acids is 1. The van der Waals surface area contributed by atoms with Crippen molar-refractivity contribution in [3.63, 3.8) is 0 Å². The lowest BCUT2D eigenvalue weighted by atomic mass is 10.3. The molecule has 0 atom stereocenters. The summed E-state index contributed by atoms with van der Waals surface area (Å²) < 4.78 is 22.8. The zero-order chi connectivity index (χ0) is 17.2. The molecule has 1 amide bonds. The summed E-state index contributed by atoms with van der Waals surface area (Å²) in [6.07, 6.45) is 3.43. The predicted octanol–water partition coefficient (Wildman–Crippen LogP) is 1.73. The van der Waals surface area contributed by atoms with Gasteiger partial charge in [-0.1, -0.05) is 0 Å². The molecule has 0 spiro atoms. The minimum absolute atomic E-state index is 0.204. The van der Waals surface area contributed by atoms with E-state index in [0.29, 0.717) is 5.69 Å². The maximum absolute atomic E-state index is 12.2. The van der Waals surface area contributed by atoms with E-state index in [2.05, 4.69) is 20.4 Å². The van der Waals surface area contributed by atoms with Gasteiger partial charge in [0.2, 0.25) is 0 Å². The molecule has 7 nitrogen and oxygen atoms in total. The van der Waals surface area contributed by atoms with Crippen molar-refractivity contribution in [2.75, 3.05) is 29.6 Å². The first kappa shape index (κ1) is 16.4. The fourth-order valence-electron chi connectivity index (χ4n) is 2.54. The summed E-state index contributed by atoms with van der Waals surface area (Å²) in [5, 5.41) is 10.8. The van der Waals surface area contributed by atoms with Gasteiger partial charge < -0.3 is 10.2 Å². The van der Waals surface area contributed by atoms with Crippen LogP contribution >= 0.6 is 0 Å². The summed E-state index contributed by atoms with van der Waals surface area (Å²) in [6.45, 7) is 1.93. The van der Waals surface area contributed by atoms with Crippen LogP contribution in [0.5, 0.6) is 0 Å². The smallest absolute Gasteiger partial charge is 0.276 e. The molecule has 0 saturated carbocycles. The van der Waals surface area contributed by atoms with Crippen LogP contribution in [0.2, 0.25) is 0 Å². The van der Waals surface area contributed by atoms with Crippen LogP contribution in [-0.4, -0.2) is 43.9 Å². The van der Waals surface area contributed by atoms with Gasteiger partial charge in [-0.25, -0.2) is 8.42 Å². The van der Waals surface area contributed by atoms with Gasteiger partial charge in [0.05, 0.1) is 4.90 Å². The van der Waals surface area contributed by atoms with Gasteiger partial charge in [0, 0.05) is 25.0 Å². The van der Waals surface area contributed by atoms with Gasteiger partial charge in [0.15, 0.2) is 21.3 Å². The molecule has 0 aliphatic carbocycles. The molecule has 24 heavy (non-hydrogen) atoms. The Hall–Kier alpha value is -2.48. The SMILES string of the molecule is CS(=O)(=O)c1ccc(NC(=O)c2ccc(N3CCCC3)nn2)cc1. The summed E-state index contributed by atoms with van der Waals surface area (Å²) in [5.74, 6) is 0.393. The number of anilines is 2. The normalized spacial score (nSPS) is 14.6. The van der Waals surface area contributed by atoms with Crippen molar-refractivity contribution in [2.45, 2.75) is 17.7 Å². The number of rotatable bonds is 4. The molecule has 1 aromatic heterocycles. The van der Waals surface area contributed by atoms with Gasteiger partial charge >= 0.3 is 0 Å². The van der Waals surface area contributed by atoms with Gasteiger partial charge in [-0.05, 0) is 49.2 Å². The minimum Gasteiger partial charge on any atom is -0.355 e. The lowest BCUT2D eigenvalue weighted by molar-refractivity contribution is 0.102. The number of sulfone groups is 1. The average Bonchev–Trinajstić information content (AvgIpc) is 3.09. The van der Waals surface area contributed by atoms with Crippen molar-refractivity contribution in [1.29, 1.82) is 0 Å². The van der Waals surface area contributed by atoms with E-state index in [0.717, 1.165) is 38.0 Å². The second kappa shape index (κ2) is 6.56. The first-order valence-electron chi connectivity index (χ1n) is 7.64. The van der Waals surface area contributed by atoms with Gasteiger partial charge in [0.1, 0.15) is 0 Å². The molecule has 1 aliphatic rings. The van der Waals surface area contributed by atoms with Crippen molar-refractivity contribution in [3.8, 4) is 0 Å². The van der Waals surface area contributed by atoms with Gasteiger partial charge in [0.25, 0.3) is 5.91 Å². The maximum Gasteiger partial charge on any atom is 0.276 e. The molecule has 0 unspecified atom stereocenters. The molecule has 1 fully saturated rings. The average molecular weight is 346 g/mol. The van der Waals surface area contributed by atoms with E-state index in [9.17, 15) is 13.2 Å². The molecule has 0 bridgehead atoms. The van der Waals surface area contributed by atoms with Crippen molar-refractivity contribution < 1.29 is 13.2 Å². The Labute approximate surface area is 140 Å². The van der Waals surface area contributed by atoms with Crippen LogP contribution in [0.1, 0.15) is 23.3 Å². The summed E-state index contributed by atoms with van der Waals surface area (Å²) in [6, 6.07) is 9.42. The Morgan fingerprint density at radius 2 is 1.71 bits per heavy atom. The van der Waals surface area contributed by atoms with Crippen molar-refractivity contribution in [2.24, 2.45) is 0 Å². The zero-order valence-corrected chi connectivity index (χ0v) is 14.1. The van der Waals surface area contributed by atoms with E-state index in [1.54, 1.807) is 24.3 Å². The second-order valence-electron chi connectivity index (χ2n) is 5.72. The Kier molecular flexibility index (Phi) is 4.48. The first-order chi connectivity index (χ1) is 11.4. The quantitative estimate of drug-likeness (QED) is 0.906. The van der Waals surface area contributed by atoms with Crippen LogP contribution < -0.4 is 10.2 Å². The van der Waals surface area contributed by atoms with Crippen LogP contribution in [0.3, 0.4) is 0 Å². The molecule has 0 radical (unpaired) electrons. The number of amides is 1. The minimum atomic E-state index is -3.25. The third-order valence-electron chi connectivity index (χ3n) is 3.85. The maximum atomic E-state index is 12.2. The molecule has 1 N–H and O–H groups in total. The van der Waals surface area contributed by atoms with E-state index in [1.165, 1.54) is 12.1 Å². The Bertz CT molecular complexity index is 827. The van der Waals surface area contributed by atoms with Crippen molar-refractivity contribution in [3.05, 3.63) is 42.1 Å². The standard InChI is InChI=1S/C16H18N4O3S/c1-24(22,23)13-6-4-12(5-7-13)17-16(21)14-8-9-15(19-18-14)20-10-2-3-11-20/h4-9H,2-3,10-11H2,1H3,(H,17,21). The summed E-state index contributed by atoms with van der Waals surface area (Å²) in [4.78, 5) is 14.5. The molecule has 8 heteroatoms. The molecule has 3 rings (SSSR count).